The van der Waals surface area contributed by atoms with Crippen LogP contribution in [0.5, 0.6) is 5.75 Å². The Kier molecular flexibility index (Phi) is 8.10. The summed E-state index contributed by atoms with van der Waals surface area (Å²) in [5.41, 5.74) is 3.43. The standard InChI is InChI=1S/C26H35N3O2/c1-19(2)21-11-5-8-14-24(21)31-18-10-17-29-23-13-7-6-12-22(23)28-25(29)15-9-16-27-26(30)20(3)4/h5-8,11-14,19-20H,9-10,15-18H2,1-4H3,(H,27,30). The molecule has 0 radical (unpaired) electrons. The first-order valence-electron chi connectivity index (χ1n) is 11.4. The van der Waals surface area contributed by atoms with Gasteiger partial charge in [0.25, 0.3) is 0 Å². The summed E-state index contributed by atoms with van der Waals surface area (Å²) in [6.45, 7) is 10.4. The van der Waals surface area contributed by atoms with E-state index in [2.05, 4.69) is 60.1 Å². The van der Waals surface area contributed by atoms with Gasteiger partial charge in [0.15, 0.2) is 0 Å². The minimum Gasteiger partial charge on any atom is -0.493 e. The molecule has 3 rings (SSSR count). The lowest BCUT2D eigenvalue weighted by Gasteiger charge is -2.14. The average Bonchev–Trinajstić information content (AvgIpc) is 3.11. The summed E-state index contributed by atoms with van der Waals surface area (Å²) in [7, 11) is 0. The lowest BCUT2D eigenvalue weighted by molar-refractivity contribution is -0.123. The number of benzene rings is 2. The van der Waals surface area contributed by atoms with Gasteiger partial charge in [0.1, 0.15) is 11.6 Å². The number of aryl methyl sites for hydroxylation is 2. The first-order valence-corrected chi connectivity index (χ1v) is 11.4. The van der Waals surface area contributed by atoms with Gasteiger partial charge in [0.05, 0.1) is 17.6 Å². The Labute approximate surface area is 185 Å². The van der Waals surface area contributed by atoms with Gasteiger partial charge >= 0.3 is 0 Å². The average molecular weight is 422 g/mol. The van der Waals surface area contributed by atoms with Crippen LogP contribution in [0, 0.1) is 5.92 Å². The van der Waals surface area contributed by atoms with Crippen molar-refractivity contribution < 1.29 is 9.53 Å². The predicted octanol–water partition coefficient (Wildman–Crippen LogP) is 5.33. The second-order valence-electron chi connectivity index (χ2n) is 8.61. The topological polar surface area (TPSA) is 56.2 Å². The van der Waals surface area contributed by atoms with Crippen LogP contribution in [0.3, 0.4) is 0 Å². The highest BCUT2D eigenvalue weighted by Crippen LogP contribution is 2.26. The smallest absolute Gasteiger partial charge is 0.222 e. The summed E-state index contributed by atoms with van der Waals surface area (Å²) in [6.07, 6.45) is 2.62. The molecule has 0 saturated carbocycles. The number of carbonyl (C=O) groups excluding carboxylic acids is 1. The van der Waals surface area contributed by atoms with Gasteiger partial charge in [-0.1, -0.05) is 58.0 Å². The fourth-order valence-corrected chi connectivity index (χ4v) is 3.72. The van der Waals surface area contributed by atoms with E-state index in [1.807, 2.05) is 26.0 Å². The number of carbonyl (C=O) groups is 1. The molecule has 0 saturated heterocycles. The van der Waals surface area contributed by atoms with Crippen LogP contribution in [-0.4, -0.2) is 28.6 Å². The first-order chi connectivity index (χ1) is 15.0. The van der Waals surface area contributed by atoms with Gasteiger partial charge in [-0.15, -0.1) is 0 Å². The van der Waals surface area contributed by atoms with Crippen LogP contribution < -0.4 is 10.1 Å². The molecule has 3 aromatic rings. The zero-order chi connectivity index (χ0) is 22.2. The van der Waals surface area contributed by atoms with Crippen molar-refractivity contribution in [2.75, 3.05) is 13.2 Å². The molecule has 0 aliphatic heterocycles. The molecule has 31 heavy (non-hydrogen) atoms. The fraction of sp³-hybridized carbons (Fsp3) is 0.462. The zero-order valence-corrected chi connectivity index (χ0v) is 19.2. The van der Waals surface area contributed by atoms with Crippen molar-refractivity contribution in [3.8, 4) is 5.75 Å². The largest absolute Gasteiger partial charge is 0.493 e. The van der Waals surface area contributed by atoms with Gasteiger partial charge in [-0.05, 0) is 42.5 Å². The highest BCUT2D eigenvalue weighted by Gasteiger charge is 2.12. The number of ether oxygens (including phenoxy) is 1. The molecule has 0 unspecified atom stereocenters. The molecular formula is C26H35N3O2. The number of para-hydroxylation sites is 3. The molecule has 0 spiro atoms. The van der Waals surface area contributed by atoms with Gasteiger partial charge in [-0.3, -0.25) is 4.79 Å². The molecule has 0 aliphatic carbocycles. The van der Waals surface area contributed by atoms with Gasteiger partial charge in [-0.25, -0.2) is 4.98 Å². The maximum atomic E-state index is 11.8. The predicted molar refractivity (Wildman–Crippen MR) is 127 cm³/mol. The number of aromatic nitrogens is 2. The third kappa shape index (κ3) is 6.09. The summed E-state index contributed by atoms with van der Waals surface area (Å²) in [5, 5.41) is 2.99. The van der Waals surface area contributed by atoms with Crippen molar-refractivity contribution in [1.29, 1.82) is 0 Å². The number of hydrogen-bond donors (Lipinski definition) is 1. The third-order valence-electron chi connectivity index (χ3n) is 5.46. The van der Waals surface area contributed by atoms with E-state index in [-0.39, 0.29) is 11.8 Å². The number of imidazole rings is 1. The number of amides is 1. The Morgan fingerprint density at radius 2 is 1.77 bits per heavy atom. The van der Waals surface area contributed by atoms with Crippen LogP contribution >= 0.6 is 0 Å². The van der Waals surface area contributed by atoms with Crippen LogP contribution in [0.4, 0.5) is 0 Å². The Bertz CT molecular complexity index is 991. The van der Waals surface area contributed by atoms with Crippen LogP contribution in [0.15, 0.2) is 48.5 Å². The van der Waals surface area contributed by atoms with E-state index in [0.29, 0.717) is 19.1 Å². The molecule has 166 valence electrons. The minimum atomic E-state index is 0.0189. The van der Waals surface area contributed by atoms with Crippen LogP contribution in [-0.2, 0) is 17.8 Å². The SMILES string of the molecule is CC(C)C(=O)NCCCc1nc2ccccc2n1CCCOc1ccccc1C(C)C. The van der Waals surface area contributed by atoms with E-state index >= 15 is 0 Å². The van der Waals surface area contributed by atoms with Gasteiger partial charge in [0.2, 0.25) is 5.91 Å². The normalized spacial score (nSPS) is 11.4. The minimum absolute atomic E-state index is 0.0189. The molecule has 0 atom stereocenters. The third-order valence-corrected chi connectivity index (χ3v) is 5.46. The van der Waals surface area contributed by atoms with Crippen molar-refractivity contribution in [2.24, 2.45) is 5.92 Å². The second-order valence-corrected chi connectivity index (χ2v) is 8.61. The lowest BCUT2D eigenvalue weighted by Crippen LogP contribution is -2.28. The molecule has 2 aromatic carbocycles. The van der Waals surface area contributed by atoms with Gasteiger partial charge < -0.3 is 14.6 Å². The number of nitrogens with zero attached hydrogens (tertiary/aromatic N) is 2. The molecule has 5 nitrogen and oxygen atoms in total. The summed E-state index contributed by atoms with van der Waals surface area (Å²) in [5.74, 6) is 2.62. The number of hydrogen-bond acceptors (Lipinski definition) is 3. The number of fused-ring (bicyclic) bond motifs is 1. The summed E-state index contributed by atoms with van der Waals surface area (Å²) < 4.78 is 8.42. The Balaban J connectivity index is 1.60. The monoisotopic (exact) mass is 421 g/mol. The molecule has 0 fully saturated rings. The van der Waals surface area contributed by atoms with Gasteiger partial charge in [-0.2, -0.15) is 0 Å². The lowest BCUT2D eigenvalue weighted by atomic mass is 10.0. The number of nitrogens with one attached hydrogen (secondary N) is 1. The van der Waals surface area contributed by atoms with Crippen molar-refractivity contribution in [1.82, 2.24) is 14.9 Å². The van der Waals surface area contributed by atoms with E-state index in [0.717, 1.165) is 48.4 Å². The molecular weight excluding hydrogens is 386 g/mol. The molecule has 1 heterocycles. The first kappa shape index (κ1) is 22.9. The molecule has 1 N–H and O–H groups in total. The molecule has 5 heteroatoms. The Morgan fingerprint density at radius 3 is 2.55 bits per heavy atom. The molecule has 1 amide bonds. The van der Waals surface area contributed by atoms with Crippen molar-refractivity contribution in [3.63, 3.8) is 0 Å². The van der Waals surface area contributed by atoms with Crippen molar-refractivity contribution in [3.05, 3.63) is 59.9 Å². The van der Waals surface area contributed by atoms with Crippen LogP contribution in [0.1, 0.15) is 57.8 Å². The van der Waals surface area contributed by atoms with E-state index in [9.17, 15) is 4.79 Å². The molecule has 0 bridgehead atoms. The Hall–Kier alpha value is -2.82. The quantitative estimate of drug-likeness (QED) is 0.426. The van der Waals surface area contributed by atoms with E-state index in [1.165, 1.54) is 5.56 Å². The van der Waals surface area contributed by atoms with Crippen molar-refractivity contribution in [2.45, 2.75) is 59.4 Å². The van der Waals surface area contributed by atoms with Gasteiger partial charge in [0, 0.05) is 25.4 Å². The van der Waals surface area contributed by atoms with E-state index in [1.54, 1.807) is 0 Å². The van der Waals surface area contributed by atoms with Crippen LogP contribution in [0.2, 0.25) is 0 Å². The highest BCUT2D eigenvalue weighted by molar-refractivity contribution is 5.77. The summed E-state index contributed by atoms with van der Waals surface area (Å²) >= 11 is 0. The maximum Gasteiger partial charge on any atom is 0.222 e. The van der Waals surface area contributed by atoms with E-state index < -0.39 is 0 Å². The maximum absolute atomic E-state index is 11.8. The molecule has 0 aliphatic rings. The highest BCUT2D eigenvalue weighted by atomic mass is 16.5. The Morgan fingerprint density at radius 1 is 1.03 bits per heavy atom. The summed E-state index contributed by atoms with van der Waals surface area (Å²) in [6, 6.07) is 16.6. The van der Waals surface area contributed by atoms with Crippen LogP contribution in [0.25, 0.3) is 11.0 Å². The number of rotatable bonds is 11. The van der Waals surface area contributed by atoms with Crippen molar-refractivity contribution >= 4 is 16.9 Å². The second kappa shape index (κ2) is 11.0. The zero-order valence-electron chi connectivity index (χ0n) is 19.2. The fourth-order valence-electron chi connectivity index (χ4n) is 3.72. The van der Waals surface area contributed by atoms with E-state index in [4.69, 9.17) is 9.72 Å². The summed E-state index contributed by atoms with van der Waals surface area (Å²) in [4.78, 5) is 16.6. The molecule has 1 aromatic heterocycles.